The zero-order valence-electron chi connectivity index (χ0n) is 15.7. The van der Waals surface area contributed by atoms with Crippen LogP contribution in [0.1, 0.15) is 38.7 Å². The number of hydrogen-bond acceptors (Lipinski definition) is 5. The van der Waals surface area contributed by atoms with Gasteiger partial charge in [-0.3, -0.25) is 9.20 Å². The maximum absolute atomic E-state index is 12.6. The SMILES string of the molecule is C.COc1ccc(C[C@@H](NC(=O)C(C)(C)N)c2nnc3ccc(Cl)cn23)cc1Cl. The lowest BCUT2D eigenvalue weighted by atomic mass is 10.0. The molecule has 1 atom stereocenters. The first kappa shape index (κ1) is 22.9. The molecule has 0 spiro atoms. The van der Waals surface area contributed by atoms with E-state index in [9.17, 15) is 4.79 Å². The number of carbonyl (C=O) groups is 1. The monoisotopic (exact) mass is 437 g/mol. The third-order valence-corrected chi connectivity index (χ3v) is 4.77. The summed E-state index contributed by atoms with van der Waals surface area (Å²) in [6, 6.07) is 8.46. The molecule has 2 heterocycles. The lowest BCUT2D eigenvalue weighted by Crippen LogP contribution is -2.50. The molecule has 0 fully saturated rings. The van der Waals surface area contributed by atoms with E-state index in [1.807, 2.05) is 6.07 Å². The third-order valence-electron chi connectivity index (χ3n) is 4.25. The number of nitrogens with two attached hydrogens (primary N) is 1. The number of methoxy groups -OCH3 is 1. The highest BCUT2D eigenvalue weighted by Crippen LogP contribution is 2.28. The minimum Gasteiger partial charge on any atom is -0.495 e. The minimum absolute atomic E-state index is 0. The van der Waals surface area contributed by atoms with Crippen molar-refractivity contribution in [2.45, 2.75) is 39.3 Å². The van der Waals surface area contributed by atoms with E-state index in [1.54, 1.807) is 55.8 Å². The Bertz CT molecular complexity index is 1010. The Morgan fingerprint density at radius 1 is 1.28 bits per heavy atom. The summed E-state index contributed by atoms with van der Waals surface area (Å²) in [5, 5.41) is 12.4. The fraction of sp³-hybridized carbons (Fsp3) is 0.350. The van der Waals surface area contributed by atoms with Gasteiger partial charge < -0.3 is 15.8 Å². The second kappa shape index (κ2) is 8.98. The lowest BCUT2D eigenvalue weighted by molar-refractivity contribution is -0.126. The quantitative estimate of drug-likeness (QED) is 0.610. The smallest absolute Gasteiger partial charge is 0.240 e. The average molecular weight is 438 g/mol. The molecule has 0 aliphatic rings. The largest absolute Gasteiger partial charge is 0.495 e. The highest BCUT2D eigenvalue weighted by molar-refractivity contribution is 6.32. The number of hydrogen-bond donors (Lipinski definition) is 2. The average Bonchev–Trinajstić information content (AvgIpc) is 3.03. The van der Waals surface area contributed by atoms with Crippen LogP contribution in [-0.4, -0.2) is 33.2 Å². The number of ether oxygens (including phenoxy) is 1. The number of pyridine rings is 1. The van der Waals surface area contributed by atoms with Gasteiger partial charge in [-0.15, -0.1) is 10.2 Å². The fourth-order valence-electron chi connectivity index (χ4n) is 2.74. The number of nitrogens with one attached hydrogen (secondary N) is 1. The Kier molecular flexibility index (Phi) is 7.11. The van der Waals surface area contributed by atoms with Gasteiger partial charge in [0.25, 0.3) is 0 Å². The zero-order valence-corrected chi connectivity index (χ0v) is 17.3. The lowest BCUT2D eigenvalue weighted by Gasteiger charge is -2.23. The van der Waals surface area contributed by atoms with Crippen molar-refractivity contribution >= 4 is 34.8 Å². The molecule has 9 heteroatoms. The molecule has 3 rings (SSSR count). The first-order valence-electron chi connectivity index (χ1n) is 8.61. The minimum atomic E-state index is -1.05. The summed E-state index contributed by atoms with van der Waals surface area (Å²) in [4.78, 5) is 12.6. The van der Waals surface area contributed by atoms with Gasteiger partial charge in [-0.2, -0.15) is 0 Å². The number of aromatic nitrogens is 3. The maximum atomic E-state index is 12.6. The van der Waals surface area contributed by atoms with E-state index in [-0.39, 0.29) is 13.3 Å². The summed E-state index contributed by atoms with van der Waals surface area (Å²) in [5.41, 5.74) is 6.43. The van der Waals surface area contributed by atoms with Crippen LogP contribution in [0.15, 0.2) is 36.5 Å². The van der Waals surface area contributed by atoms with E-state index in [0.29, 0.717) is 33.7 Å². The van der Waals surface area contributed by atoms with Crippen molar-refractivity contribution in [1.29, 1.82) is 0 Å². The molecular weight excluding hydrogens is 413 g/mol. The summed E-state index contributed by atoms with van der Waals surface area (Å²) >= 11 is 12.4. The van der Waals surface area contributed by atoms with Gasteiger partial charge in [-0.05, 0) is 43.7 Å². The van der Waals surface area contributed by atoms with Crippen LogP contribution in [0.3, 0.4) is 0 Å². The zero-order chi connectivity index (χ0) is 20.5. The van der Waals surface area contributed by atoms with Crippen LogP contribution in [0.2, 0.25) is 10.0 Å². The van der Waals surface area contributed by atoms with Crippen LogP contribution in [0.4, 0.5) is 0 Å². The molecule has 0 aliphatic heterocycles. The Morgan fingerprint density at radius 2 is 2.00 bits per heavy atom. The van der Waals surface area contributed by atoms with E-state index in [2.05, 4.69) is 15.5 Å². The summed E-state index contributed by atoms with van der Waals surface area (Å²) in [6.07, 6.45) is 2.14. The van der Waals surface area contributed by atoms with Gasteiger partial charge in [0.1, 0.15) is 5.75 Å². The summed E-state index contributed by atoms with van der Waals surface area (Å²) in [6.45, 7) is 3.28. The van der Waals surface area contributed by atoms with Crippen molar-refractivity contribution < 1.29 is 9.53 Å². The highest BCUT2D eigenvalue weighted by Gasteiger charge is 2.28. The second-order valence-corrected chi connectivity index (χ2v) is 7.90. The predicted molar refractivity (Wildman–Crippen MR) is 116 cm³/mol. The first-order chi connectivity index (χ1) is 13.2. The number of benzene rings is 1. The van der Waals surface area contributed by atoms with Crippen LogP contribution in [-0.2, 0) is 11.2 Å². The van der Waals surface area contributed by atoms with Gasteiger partial charge in [-0.25, -0.2) is 0 Å². The van der Waals surface area contributed by atoms with Crippen LogP contribution in [0.5, 0.6) is 5.75 Å². The molecule has 0 unspecified atom stereocenters. The Labute approximate surface area is 180 Å². The number of amides is 1. The van der Waals surface area contributed by atoms with Gasteiger partial charge >= 0.3 is 0 Å². The molecule has 0 radical (unpaired) electrons. The van der Waals surface area contributed by atoms with E-state index < -0.39 is 11.6 Å². The molecule has 1 aromatic carbocycles. The van der Waals surface area contributed by atoms with Crippen LogP contribution >= 0.6 is 23.2 Å². The first-order valence-corrected chi connectivity index (χ1v) is 9.37. The molecule has 0 saturated carbocycles. The van der Waals surface area contributed by atoms with Crippen LogP contribution in [0, 0.1) is 0 Å². The van der Waals surface area contributed by atoms with Crippen molar-refractivity contribution in [3.8, 4) is 5.75 Å². The molecule has 0 saturated heterocycles. The van der Waals surface area contributed by atoms with Gasteiger partial charge in [0.15, 0.2) is 11.5 Å². The van der Waals surface area contributed by atoms with Crippen molar-refractivity contribution in [2.24, 2.45) is 5.73 Å². The number of rotatable bonds is 6. The number of halogens is 2. The molecule has 3 aromatic rings. The van der Waals surface area contributed by atoms with Gasteiger partial charge in [-0.1, -0.05) is 36.7 Å². The van der Waals surface area contributed by atoms with E-state index in [0.717, 1.165) is 5.56 Å². The molecule has 1 amide bonds. The number of fused-ring (bicyclic) bond motifs is 1. The Hall–Kier alpha value is -2.35. The van der Waals surface area contributed by atoms with Crippen LogP contribution in [0.25, 0.3) is 5.65 Å². The normalized spacial score (nSPS) is 12.3. The topological polar surface area (TPSA) is 94.5 Å². The van der Waals surface area contributed by atoms with E-state index in [4.69, 9.17) is 33.7 Å². The summed E-state index contributed by atoms with van der Waals surface area (Å²) in [7, 11) is 1.55. The van der Waals surface area contributed by atoms with Crippen molar-refractivity contribution in [1.82, 2.24) is 19.9 Å². The summed E-state index contributed by atoms with van der Waals surface area (Å²) in [5.74, 6) is 0.812. The molecule has 0 bridgehead atoms. The van der Waals surface area contributed by atoms with Gasteiger partial charge in [0.2, 0.25) is 5.91 Å². The summed E-state index contributed by atoms with van der Waals surface area (Å²) < 4.78 is 6.95. The molecule has 2 aromatic heterocycles. The highest BCUT2D eigenvalue weighted by atomic mass is 35.5. The van der Waals surface area contributed by atoms with Gasteiger partial charge in [0, 0.05) is 12.6 Å². The predicted octanol–water partition coefficient (Wildman–Crippen LogP) is 3.82. The van der Waals surface area contributed by atoms with Gasteiger partial charge in [0.05, 0.1) is 28.7 Å². The van der Waals surface area contributed by atoms with Crippen LogP contribution < -0.4 is 15.8 Å². The molecule has 3 N–H and O–H groups in total. The fourth-order valence-corrected chi connectivity index (χ4v) is 3.18. The van der Waals surface area contributed by atoms with Crippen molar-refractivity contribution in [3.05, 3.63) is 58.0 Å². The molecular formula is C20H25Cl2N5O2. The van der Waals surface area contributed by atoms with Crippen molar-refractivity contribution in [3.63, 3.8) is 0 Å². The second-order valence-electron chi connectivity index (χ2n) is 7.05. The number of nitrogens with zero attached hydrogens (tertiary/aromatic N) is 3. The molecule has 0 aliphatic carbocycles. The Morgan fingerprint density at radius 3 is 2.62 bits per heavy atom. The molecule has 156 valence electrons. The van der Waals surface area contributed by atoms with E-state index >= 15 is 0 Å². The van der Waals surface area contributed by atoms with Crippen molar-refractivity contribution in [2.75, 3.05) is 7.11 Å². The number of carbonyl (C=O) groups excluding carboxylic acids is 1. The van der Waals surface area contributed by atoms with E-state index in [1.165, 1.54) is 0 Å². The molecule has 7 nitrogen and oxygen atoms in total. The Balaban J connectivity index is 0.00000300. The third kappa shape index (κ3) is 5.18. The standard InChI is InChI=1S/C19H21Cl2N5O2.CH4/c1-19(2,22)18(27)23-14(9-11-4-6-15(28-3)13(21)8-11)17-25-24-16-7-5-12(20)10-26(16)17;/h4-8,10,14H,9,22H2,1-3H3,(H,23,27);1H4/t14-;/m1./s1. The maximum Gasteiger partial charge on any atom is 0.240 e. The molecule has 29 heavy (non-hydrogen) atoms.